The molecule has 1 saturated carbocycles. The highest BCUT2D eigenvalue weighted by Crippen LogP contribution is 2.45. The molecule has 2 amide bonds. The minimum absolute atomic E-state index is 0.00776. The van der Waals surface area contributed by atoms with E-state index in [0.717, 1.165) is 42.4 Å². The molecule has 4 rings (SSSR count). The molecule has 0 spiro atoms. The van der Waals surface area contributed by atoms with Gasteiger partial charge in [0.25, 0.3) is 5.91 Å². The summed E-state index contributed by atoms with van der Waals surface area (Å²) in [6.07, 6.45) is 3.82. The summed E-state index contributed by atoms with van der Waals surface area (Å²) in [5, 5.41) is 20.1. The Bertz CT molecular complexity index is 1040. The van der Waals surface area contributed by atoms with Crippen molar-refractivity contribution in [2.75, 3.05) is 20.7 Å². The van der Waals surface area contributed by atoms with E-state index in [4.69, 9.17) is 0 Å². The number of nitrogens with zero attached hydrogens (tertiary/aromatic N) is 3. The lowest BCUT2D eigenvalue weighted by Crippen LogP contribution is -2.66. The van der Waals surface area contributed by atoms with Crippen LogP contribution in [0.4, 0.5) is 0 Å². The van der Waals surface area contributed by atoms with Gasteiger partial charge < -0.3 is 14.9 Å². The summed E-state index contributed by atoms with van der Waals surface area (Å²) in [6.45, 7) is -0.175. The summed E-state index contributed by atoms with van der Waals surface area (Å²) in [5.41, 5.74) is 3.44. The van der Waals surface area contributed by atoms with Crippen molar-refractivity contribution in [2.45, 2.75) is 43.7 Å². The maximum Gasteiger partial charge on any atom is 0.253 e. The van der Waals surface area contributed by atoms with Gasteiger partial charge in [-0.15, -0.1) is 0 Å². The highest BCUT2D eigenvalue weighted by atomic mass is 16.3. The van der Waals surface area contributed by atoms with E-state index in [1.54, 1.807) is 31.1 Å². The molecule has 2 aromatic carbocycles. The van der Waals surface area contributed by atoms with Crippen molar-refractivity contribution < 1.29 is 14.7 Å². The average molecular weight is 432 g/mol. The second-order valence-corrected chi connectivity index (χ2v) is 8.94. The summed E-state index contributed by atoms with van der Waals surface area (Å²) in [5.74, 6) is -0.337. The molecule has 2 fully saturated rings. The fourth-order valence-electron chi connectivity index (χ4n) is 5.17. The number of rotatable bonds is 5. The first-order valence-corrected chi connectivity index (χ1v) is 11.2. The van der Waals surface area contributed by atoms with Crippen LogP contribution in [-0.2, 0) is 4.79 Å². The van der Waals surface area contributed by atoms with E-state index in [1.165, 1.54) is 4.90 Å². The molecule has 0 radical (unpaired) electrons. The number of aliphatic hydroxyl groups excluding tert-OH is 1. The largest absolute Gasteiger partial charge is 0.394 e. The van der Waals surface area contributed by atoms with E-state index in [1.807, 2.05) is 36.4 Å². The third kappa shape index (κ3) is 3.78. The van der Waals surface area contributed by atoms with Crippen LogP contribution < -0.4 is 0 Å². The number of hydrogen-bond donors (Lipinski definition) is 1. The third-order valence-electron chi connectivity index (χ3n) is 6.86. The molecule has 1 aliphatic heterocycles. The molecule has 1 N–H and O–H groups in total. The number of aliphatic hydroxyl groups is 1. The molecule has 0 bridgehead atoms. The van der Waals surface area contributed by atoms with Crippen molar-refractivity contribution in [2.24, 2.45) is 5.92 Å². The lowest BCUT2D eigenvalue weighted by Gasteiger charge is -2.52. The number of hydrogen-bond acceptors (Lipinski definition) is 4. The molecule has 6 heteroatoms. The van der Waals surface area contributed by atoms with Gasteiger partial charge in [0.1, 0.15) is 6.04 Å². The zero-order chi connectivity index (χ0) is 22.8. The van der Waals surface area contributed by atoms with Crippen molar-refractivity contribution in [1.29, 1.82) is 5.26 Å². The van der Waals surface area contributed by atoms with Crippen LogP contribution in [-0.4, -0.2) is 59.5 Å². The van der Waals surface area contributed by atoms with Gasteiger partial charge in [-0.2, -0.15) is 5.26 Å². The maximum atomic E-state index is 13.1. The molecule has 1 aliphatic carbocycles. The Labute approximate surface area is 189 Å². The van der Waals surface area contributed by atoms with Crippen LogP contribution in [0.15, 0.2) is 48.5 Å². The first kappa shape index (κ1) is 22.0. The molecule has 1 heterocycles. The van der Waals surface area contributed by atoms with Crippen molar-refractivity contribution in [3.63, 3.8) is 0 Å². The summed E-state index contributed by atoms with van der Waals surface area (Å²) < 4.78 is 0. The van der Waals surface area contributed by atoms with Crippen LogP contribution in [0, 0.1) is 17.2 Å². The van der Waals surface area contributed by atoms with Crippen molar-refractivity contribution >= 4 is 11.8 Å². The van der Waals surface area contributed by atoms with Gasteiger partial charge >= 0.3 is 0 Å². The van der Waals surface area contributed by atoms with Crippen LogP contribution in [0.5, 0.6) is 0 Å². The molecule has 32 heavy (non-hydrogen) atoms. The lowest BCUT2D eigenvalue weighted by atomic mass is 9.73. The van der Waals surface area contributed by atoms with E-state index in [0.29, 0.717) is 5.56 Å². The standard InChI is InChI=1S/C26H29N3O3/c1-28(2)25(31)19-13-11-17(12-14-19)20-9-5-6-10-21(20)24-22(15-27)29(23(24)16-30)26(32)18-7-3-4-8-18/h5-6,9-14,18,22-24,30H,3-4,7-8,16H2,1-2H3/t22-,23-,24+/m1/s1. The van der Waals surface area contributed by atoms with Gasteiger partial charge in [-0.1, -0.05) is 49.2 Å². The van der Waals surface area contributed by atoms with Crippen molar-refractivity contribution in [3.8, 4) is 17.2 Å². The fourth-order valence-corrected chi connectivity index (χ4v) is 5.17. The minimum Gasteiger partial charge on any atom is -0.394 e. The second-order valence-electron chi connectivity index (χ2n) is 8.94. The van der Waals surface area contributed by atoms with Crippen molar-refractivity contribution in [3.05, 3.63) is 59.7 Å². The second kappa shape index (κ2) is 9.13. The zero-order valence-electron chi connectivity index (χ0n) is 18.6. The van der Waals surface area contributed by atoms with Gasteiger partial charge in [-0.05, 0) is 41.7 Å². The number of nitriles is 1. The van der Waals surface area contributed by atoms with E-state index in [-0.39, 0.29) is 30.3 Å². The molecule has 3 atom stereocenters. The minimum atomic E-state index is -0.587. The number of likely N-dealkylation sites (tertiary alicyclic amines) is 1. The zero-order valence-corrected chi connectivity index (χ0v) is 18.6. The van der Waals surface area contributed by atoms with E-state index in [2.05, 4.69) is 6.07 Å². The van der Waals surface area contributed by atoms with Crippen LogP contribution >= 0.6 is 0 Å². The predicted molar refractivity (Wildman–Crippen MR) is 122 cm³/mol. The number of benzene rings is 2. The summed E-state index contributed by atoms with van der Waals surface area (Å²) in [4.78, 5) is 28.5. The molecule has 166 valence electrons. The Kier molecular flexibility index (Phi) is 6.29. The SMILES string of the molecule is CN(C)C(=O)c1ccc(-c2ccccc2[C@H]2[C@@H](C#N)N(C(=O)C3CCCC3)[C@@H]2CO)cc1. The van der Waals surface area contributed by atoms with E-state index < -0.39 is 12.1 Å². The lowest BCUT2D eigenvalue weighted by molar-refractivity contribution is -0.151. The number of amides is 2. The highest BCUT2D eigenvalue weighted by molar-refractivity contribution is 5.94. The first-order valence-electron chi connectivity index (χ1n) is 11.2. The predicted octanol–water partition coefficient (Wildman–Crippen LogP) is 3.42. The number of carbonyl (C=O) groups excluding carboxylic acids is 2. The van der Waals surface area contributed by atoms with Gasteiger partial charge in [-0.3, -0.25) is 9.59 Å². The Morgan fingerprint density at radius 1 is 1.09 bits per heavy atom. The molecule has 2 aliphatic rings. The van der Waals surface area contributed by atoms with E-state index in [9.17, 15) is 20.0 Å². The molecule has 1 saturated heterocycles. The highest BCUT2D eigenvalue weighted by Gasteiger charge is 2.53. The molecule has 6 nitrogen and oxygen atoms in total. The van der Waals surface area contributed by atoms with Crippen LogP contribution in [0.2, 0.25) is 0 Å². The van der Waals surface area contributed by atoms with Gasteiger partial charge in [0, 0.05) is 31.5 Å². The smallest absolute Gasteiger partial charge is 0.253 e. The van der Waals surface area contributed by atoms with E-state index >= 15 is 0 Å². The number of carbonyl (C=O) groups is 2. The van der Waals surface area contributed by atoms with Crippen molar-refractivity contribution in [1.82, 2.24) is 9.80 Å². The average Bonchev–Trinajstić information content (AvgIpc) is 3.34. The monoisotopic (exact) mass is 431 g/mol. The topological polar surface area (TPSA) is 84.6 Å². The normalized spacial score (nSPS) is 22.8. The van der Waals surface area contributed by atoms with Gasteiger partial charge in [-0.25, -0.2) is 0 Å². The summed E-state index contributed by atoms with van der Waals surface area (Å²) in [7, 11) is 3.44. The van der Waals surface area contributed by atoms with Crippen LogP contribution in [0.25, 0.3) is 11.1 Å². The van der Waals surface area contributed by atoms with Gasteiger partial charge in [0.15, 0.2) is 0 Å². The van der Waals surface area contributed by atoms with Crippen LogP contribution in [0.1, 0.15) is 47.5 Å². The van der Waals surface area contributed by atoms with Gasteiger partial charge in [0.2, 0.25) is 5.91 Å². The molecular formula is C26H29N3O3. The molecule has 0 unspecified atom stereocenters. The summed E-state index contributed by atoms with van der Waals surface area (Å²) >= 11 is 0. The molecular weight excluding hydrogens is 402 g/mol. The summed E-state index contributed by atoms with van der Waals surface area (Å²) in [6, 6.07) is 16.6. The van der Waals surface area contributed by atoms with Crippen LogP contribution in [0.3, 0.4) is 0 Å². The third-order valence-corrected chi connectivity index (χ3v) is 6.86. The Balaban J connectivity index is 1.65. The maximum absolute atomic E-state index is 13.1. The first-order chi connectivity index (χ1) is 15.5. The fraction of sp³-hybridized carbons (Fsp3) is 0.423. The molecule has 2 aromatic rings. The van der Waals surface area contributed by atoms with Gasteiger partial charge in [0.05, 0.1) is 18.7 Å². The Hall–Kier alpha value is -3.17. The Morgan fingerprint density at radius 3 is 2.34 bits per heavy atom. The Morgan fingerprint density at radius 2 is 1.75 bits per heavy atom. The molecule has 0 aromatic heterocycles. The quantitative estimate of drug-likeness (QED) is 0.786.